The molecule has 0 aliphatic rings. The van der Waals surface area contributed by atoms with Crippen LogP contribution >= 0.6 is 0 Å². The fourth-order valence-corrected chi connectivity index (χ4v) is 2.70. The maximum Gasteiger partial charge on any atom is 0.253 e. The first kappa shape index (κ1) is 19.2. The Kier molecular flexibility index (Phi) is 5.44. The molecular weight excluding hydrogens is 358 g/mol. The maximum absolute atomic E-state index is 12.1. The fraction of sp³-hybridized carbons (Fsp3) is 0.190. The van der Waals surface area contributed by atoms with Gasteiger partial charge in [0.1, 0.15) is 11.5 Å². The van der Waals surface area contributed by atoms with Crippen LogP contribution in [0.25, 0.3) is 10.9 Å². The van der Waals surface area contributed by atoms with Crippen molar-refractivity contribution in [1.29, 1.82) is 0 Å². The predicted molar refractivity (Wildman–Crippen MR) is 107 cm³/mol. The van der Waals surface area contributed by atoms with Crippen LogP contribution in [0.1, 0.15) is 17.3 Å². The summed E-state index contributed by atoms with van der Waals surface area (Å²) in [6.45, 7) is 1.43. The Morgan fingerprint density at radius 3 is 2.43 bits per heavy atom. The van der Waals surface area contributed by atoms with E-state index in [0.29, 0.717) is 34.1 Å². The monoisotopic (exact) mass is 379 g/mol. The first-order chi connectivity index (χ1) is 13.4. The molecule has 144 valence electrons. The number of fused-ring (bicyclic) bond motifs is 1. The number of anilines is 1. The summed E-state index contributed by atoms with van der Waals surface area (Å²) in [5.74, 6) is 1.17. The Bertz CT molecular complexity index is 1050. The van der Waals surface area contributed by atoms with Crippen LogP contribution in [0.5, 0.6) is 17.4 Å². The first-order valence-corrected chi connectivity index (χ1v) is 8.62. The smallest absolute Gasteiger partial charge is 0.253 e. The minimum Gasteiger partial charge on any atom is -0.497 e. The van der Waals surface area contributed by atoms with Gasteiger partial charge < -0.3 is 19.7 Å². The number of benzene rings is 2. The lowest BCUT2D eigenvalue weighted by Crippen LogP contribution is -2.21. The highest BCUT2D eigenvalue weighted by Gasteiger charge is 2.10. The standard InChI is InChI=1S/C21H21N3O4/c1-13(25)22-16-10-17(27-4)12-18(11-16)28-20-8-6-14-9-15(21(26)24(2)3)5-7-19(14)23-20/h5-12H,1-4H3,(H,22,25). The van der Waals surface area contributed by atoms with Gasteiger partial charge in [0.15, 0.2) is 0 Å². The summed E-state index contributed by atoms with van der Waals surface area (Å²) < 4.78 is 11.1. The number of ether oxygens (including phenoxy) is 2. The molecule has 1 N–H and O–H groups in total. The Balaban J connectivity index is 1.89. The molecule has 7 nitrogen and oxygen atoms in total. The molecule has 0 radical (unpaired) electrons. The summed E-state index contributed by atoms with van der Waals surface area (Å²) in [6, 6.07) is 14.0. The molecule has 0 spiro atoms. The van der Waals surface area contributed by atoms with Crippen LogP contribution in [0, 0.1) is 0 Å². The average Bonchev–Trinajstić information content (AvgIpc) is 2.66. The van der Waals surface area contributed by atoms with E-state index in [2.05, 4.69) is 10.3 Å². The molecule has 0 atom stereocenters. The van der Waals surface area contributed by atoms with E-state index in [9.17, 15) is 9.59 Å². The van der Waals surface area contributed by atoms with Crippen LogP contribution in [0.3, 0.4) is 0 Å². The zero-order valence-electron chi connectivity index (χ0n) is 16.1. The third kappa shape index (κ3) is 4.37. The third-order valence-corrected chi connectivity index (χ3v) is 3.98. The number of carbonyl (C=O) groups is 2. The van der Waals surface area contributed by atoms with Gasteiger partial charge in [-0.3, -0.25) is 9.59 Å². The summed E-state index contributed by atoms with van der Waals surface area (Å²) in [4.78, 5) is 29.4. The van der Waals surface area contributed by atoms with E-state index in [1.54, 1.807) is 56.6 Å². The quantitative estimate of drug-likeness (QED) is 0.731. The zero-order valence-corrected chi connectivity index (χ0v) is 16.1. The normalized spacial score (nSPS) is 10.4. The molecule has 3 rings (SSSR count). The first-order valence-electron chi connectivity index (χ1n) is 8.62. The molecule has 0 aliphatic heterocycles. The molecular formula is C21H21N3O4. The van der Waals surface area contributed by atoms with Gasteiger partial charge in [-0.15, -0.1) is 0 Å². The molecule has 0 fully saturated rings. The van der Waals surface area contributed by atoms with Crippen LogP contribution in [0.15, 0.2) is 48.5 Å². The van der Waals surface area contributed by atoms with Crippen molar-refractivity contribution in [2.75, 3.05) is 26.5 Å². The second-order valence-electron chi connectivity index (χ2n) is 6.44. The summed E-state index contributed by atoms with van der Waals surface area (Å²) >= 11 is 0. The number of rotatable bonds is 5. The Labute approximate surface area is 162 Å². The Morgan fingerprint density at radius 1 is 1.00 bits per heavy atom. The number of hydrogen-bond donors (Lipinski definition) is 1. The summed E-state index contributed by atoms with van der Waals surface area (Å²) in [5, 5.41) is 3.54. The minimum absolute atomic E-state index is 0.0656. The largest absolute Gasteiger partial charge is 0.497 e. The van der Waals surface area contributed by atoms with Gasteiger partial charge >= 0.3 is 0 Å². The number of pyridine rings is 1. The number of carbonyl (C=O) groups excluding carboxylic acids is 2. The molecule has 28 heavy (non-hydrogen) atoms. The maximum atomic E-state index is 12.1. The predicted octanol–water partition coefficient (Wildman–Crippen LogP) is 3.70. The molecule has 7 heteroatoms. The lowest BCUT2D eigenvalue weighted by atomic mass is 10.1. The van der Waals surface area contributed by atoms with Crippen molar-refractivity contribution in [3.63, 3.8) is 0 Å². The van der Waals surface area contributed by atoms with Crippen LogP contribution in [0.2, 0.25) is 0 Å². The number of methoxy groups -OCH3 is 1. The highest BCUT2D eigenvalue weighted by molar-refractivity contribution is 5.97. The van der Waals surface area contributed by atoms with Gasteiger partial charge in [0.05, 0.1) is 12.6 Å². The average molecular weight is 379 g/mol. The van der Waals surface area contributed by atoms with Crippen LogP contribution in [-0.2, 0) is 4.79 Å². The van der Waals surface area contributed by atoms with Crippen molar-refractivity contribution in [1.82, 2.24) is 9.88 Å². The Morgan fingerprint density at radius 2 is 1.75 bits per heavy atom. The van der Waals surface area contributed by atoms with Crippen molar-refractivity contribution >= 4 is 28.4 Å². The van der Waals surface area contributed by atoms with E-state index < -0.39 is 0 Å². The van der Waals surface area contributed by atoms with Crippen molar-refractivity contribution < 1.29 is 19.1 Å². The Hall–Kier alpha value is -3.61. The molecule has 0 bridgehead atoms. The topological polar surface area (TPSA) is 80.8 Å². The van der Waals surface area contributed by atoms with Gasteiger partial charge in [0.2, 0.25) is 11.8 Å². The molecule has 3 aromatic rings. The highest BCUT2D eigenvalue weighted by Crippen LogP contribution is 2.30. The van der Waals surface area contributed by atoms with Gasteiger partial charge in [0, 0.05) is 61.9 Å². The SMILES string of the molecule is COc1cc(NC(C)=O)cc(Oc2ccc3cc(C(=O)N(C)C)ccc3n2)c1. The summed E-state index contributed by atoms with van der Waals surface area (Å²) in [7, 11) is 4.97. The van der Waals surface area contributed by atoms with Crippen LogP contribution in [-0.4, -0.2) is 42.9 Å². The number of aromatic nitrogens is 1. The molecule has 1 heterocycles. The van der Waals surface area contributed by atoms with E-state index in [1.165, 1.54) is 18.9 Å². The zero-order chi connectivity index (χ0) is 20.3. The third-order valence-electron chi connectivity index (χ3n) is 3.98. The molecule has 1 aromatic heterocycles. The highest BCUT2D eigenvalue weighted by atomic mass is 16.5. The van der Waals surface area contributed by atoms with E-state index in [-0.39, 0.29) is 11.8 Å². The molecule has 0 saturated carbocycles. The number of nitrogens with one attached hydrogen (secondary N) is 1. The van der Waals surface area contributed by atoms with E-state index >= 15 is 0 Å². The van der Waals surface area contributed by atoms with Gasteiger partial charge in [-0.1, -0.05) is 0 Å². The van der Waals surface area contributed by atoms with Crippen molar-refractivity contribution in [2.45, 2.75) is 6.92 Å². The van der Waals surface area contributed by atoms with Crippen LogP contribution in [0.4, 0.5) is 5.69 Å². The molecule has 2 aromatic carbocycles. The molecule has 0 saturated heterocycles. The number of nitrogens with zero attached hydrogens (tertiary/aromatic N) is 2. The summed E-state index contributed by atoms with van der Waals surface area (Å²) in [6.07, 6.45) is 0. The number of amides is 2. The molecule has 2 amide bonds. The minimum atomic E-state index is -0.189. The second kappa shape index (κ2) is 7.96. The van der Waals surface area contributed by atoms with E-state index in [0.717, 1.165) is 5.39 Å². The number of hydrogen-bond acceptors (Lipinski definition) is 5. The van der Waals surface area contributed by atoms with Crippen LogP contribution < -0.4 is 14.8 Å². The second-order valence-corrected chi connectivity index (χ2v) is 6.44. The summed E-state index contributed by atoms with van der Waals surface area (Å²) in [5.41, 5.74) is 1.87. The van der Waals surface area contributed by atoms with Crippen molar-refractivity contribution in [3.05, 3.63) is 54.1 Å². The van der Waals surface area contributed by atoms with E-state index in [1.807, 2.05) is 6.07 Å². The van der Waals surface area contributed by atoms with Gasteiger partial charge in [0.25, 0.3) is 5.91 Å². The molecule has 0 unspecified atom stereocenters. The van der Waals surface area contributed by atoms with Crippen molar-refractivity contribution in [3.8, 4) is 17.4 Å². The fourth-order valence-electron chi connectivity index (χ4n) is 2.70. The van der Waals surface area contributed by atoms with Gasteiger partial charge in [-0.25, -0.2) is 4.98 Å². The molecule has 0 aliphatic carbocycles. The lowest BCUT2D eigenvalue weighted by Gasteiger charge is -2.12. The van der Waals surface area contributed by atoms with Gasteiger partial charge in [-0.05, 0) is 24.3 Å². The van der Waals surface area contributed by atoms with E-state index in [4.69, 9.17) is 9.47 Å². The van der Waals surface area contributed by atoms with Crippen molar-refractivity contribution in [2.24, 2.45) is 0 Å². The lowest BCUT2D eigenvalue weighted by molar-refractivity contribution is -0.114. The van der Waals surface area contributed by atoms with Gasteiger partial charge in [-0.2, -0.15) is 0 Å².